The molecule has 0 spiro atoms. The summed E-state index contributed by atoms with van der Waals surface area (Å²) in [6, 6.07) is 9.00. The Morgan fingerprint density at radius 1 is 1.16 bits per heavy atom. The van der Waals surface area contributed by atoms with Crippen LogP contribution in [0.2, 0.25) is 0 Å². The first-order valence-corrected chi connectivity index (χ1v) is 10.3. The maximum absolute atomic E-state index is 12.7. The predicted octanol–water partition coefficient (Wildman–Crippen LogP) is 5.75. The van der Waals surface area contributed by atoms with Crippen molar-refractivity contribution < 1.29 is 13.9 Å². The lowest BCUT2D eigenvalue weighted by Crippen LogP contribution is -2.27. The van der Waals surface area contributed by atoms with E-state index in [2.05, 4.69) is 21.9 Å². The quantitative estimate of drug-likeness (QED) is 0.563. The summed E-state index contributed by atoms with van der Waals surface area (Å²) in [6.45, 7) is 5.65. The van der Waals surface area contributed by atoms with Crippen molar-refractivity contribution >= 4 is 22.7 Å². The molecule has 1 N–H and O–H groups in total. The number of hydrogen-bond acceptors (Lipinski definition) is 5. The van der Waals surface area contributed by atoms with Crippen LogP contribution in [0.15, 0.2) is 108 Å². The summed E-state index contributed by atoms with van der Waals surface area (Å²) in [7, 11) is 0. The van der Waals surface area contributed by atoms with Crippen LogP contribution < -0.4 is 5.32 Å². The second-order valence-corrected chi connectivity index (χ2v) is 7.25. The van der Waals surface area contributed by atoms with Crippen molar-refractivity contribution in [2.75, 3.05) is 5.32 Å². The van der Waals surface area contributed by atoms with Gasteiger partial charge in [0.15, 0.2) is 11.7 Å². The summed E-state index contributed by atoms with van der Waals surface area (Å²) in [5, 5.41) is 2.89. The van der Waals surface area contributed by atoms with Gasteiger partial charge < -0.3 is 14.5 Å². The van der Waals surface area contributed by atoms with Crippen molar-refractivity contribution in [3.63, 3.8) is 0 Å². The van der Waals surface area contributed by atoms with E-state index in [0.29, 0.717) is 34.9 Å². The minimum atomic E-state index is -0.676. The van der Waals surface area contributed by atoms with E-state index in [9.17, 15) is 4.79 Å². The molecule has 6 heteroatoms. The fourth-order valence-corrected chi connectivity index (χ4v) is 3.08. The highest BCUT2D eigenvalue weighted by Crippen LogP contribution is 2.26. The first-order chi connectivity index (χ1) is 15.6. The number of nitrogens with one attached hydrogen (secondary N) is 1. The van der Waals surface area contributed by atoms with E-state index in [-0.39, 0.29) is 5.91 Å². The first-order valence-electron chi connectivity index (χ1n) is 10.3. The van der Waals surface area contributed by atoms with E-state index in [0.717, 1.165) is 11.1 Å². The molecule has 32 heavy (non-hydrogen) atoms. The largest absolute Gasteiger partial charge is 0.485 e. The summed E-state index contributed by atoms with van der Waals surface area (Å²) >= 11 is 0. The average molecular weight is 425 g/mol. The summed E-state index contributed by atoms with van der Waals surface area (Å²) in [4.78, 5) is 21.2. The standard InChI is InChI=1S/C26H23N3O3/c1-18-7-4-3-5-9-22(10-6-8-18)31-19(2)25(30)28-21-11-12-24-23(17-21)29-26(32-24)20-13-15-27-16-14-20/h3-8,10-17,19H,1,9H2,2H3,(H,28,30)/b5-3-,7-4-,8-6-,22-10+/t19-/m1/s1. The third-order valence-electron chi connectivity index (χ3n) is 4.75. The Kier molecular flexibility index (Phi) is 6.41. The number of rotatable bonds is 5. The number of ether oxygens (including phenoxy) is 1. The lowest BCUT2D eigenvalue weighted by Gasteiger charge is -2.16. The molecule has 4 rings (SSSR count). The van der Waals surface area contributed by atoms with Gasteiger partial charge in [0.25, 0.3) is 5.91 Å². The van der Waals surface area contributed by atoms with Crippen LogP contribution in [-0.2, 0) is 9.53 Å². The van der Waals surface area contributed by atoms with Gasteiger partial charge in [0, 0.05) is 30.1 Å². The molecule has 0 unspecified atom stereocenters. The number of aromatic nitrogens is 2. The highest BCUT2D eigenvalue weighted by molar-refractivity contribution is 5.95. The Bertz CT molecular complexity index is 1250. The van der Waals surface area contributed by atoms with Gasteiger partial charge in [0.1, 0.15) is 11.3 Å². The lowest BCUT2D eigenvalue weighted by molar-refractivity contribution is -0.124. The molecule has 2 heterocycles. The topological polar surface area (TPSA) is 77.2 Å². The molecule has 0 saturated carbocycles. The van der Waals surface area contributed by atoms with E-state index >= 15 is 0 Å². The zero-order chi connectivity index (χ0) is 22.3. The van der Waals surface area contributed by atoms with Gasteiger partial charge in [0.2, 0.25) is 5.89 Å². The summed E-state index contributed by atoms with van der Waals surface area (Å²) in [5.74, 6) is 0.943. The van der Waals surface area contributed by atoms with Crippen LogP contribution in [0.5, 0.6) is 0 Å². The molecule has 1 aliphatic rings. The normalized spacial score (nSPS) is 19.4. The molecule has 0 saturated heterocycles. The van der Waals surface area contributed by atoms with Crippen LogP contribution in [-0.4, -0.2) is 22.0 Å². The van der Waals surface area contributed by atoms with Gasteiger partial charge in [-0.1, -0.05) is 43.0 Å². The van der Waals surface area contributed by atoms with E-state index < -0.39 is 6.10 Å². The Labute approximate surface area is 186 Å². The zero-order valence-corrected chi connectivity index (χ0v) is 17.7. The average Bonchev–Trinajstić information content (AvgIpc) is 3.22. The first kappa shape index (κ1) is 21.1. The van der Waals surface area contributed by atoms with Crippen molar-refractivity contribution in [2.24, 2.45) is 0 Å². The van der Waals surface area contributed by atoms with Gasteiger partial charge in [-0.3, -0.25) is 9.78 Å². The smallest absolute Gasteiger partial charge is 0.265 e. The van der Waals surface area contributed by atoms with Crippen molar-refractivity contribution in [1.82, 2.24) is 9.97 Å². The van der Waals surface area contributed by atoms with Gasteiger partial charge in [-0.15, -0.1) is 0 Å². The lowest BCUT2D eigenvalue weighted by atomic mass is 10.2. The van der Waals surface area contributed by atoms with Crippen LogP contribution in [0.1, 0.15) is 13.3 Å². The van der Waals surface area contributed by atoms with Crippen LogP contribution in [0.3, 0.4) is 0 Å². The molecular formula is C26H23N3O3. The van der Waals surface area contributed by atoms with Crippen LogP contribution in [0, 0.1) is 0 Å². The number of carbonyl (C=O) groups is 1. The molecule has 6 nitrogen and oxygen atoms in total. The van der Waals surface area contributed by atoms with Gasteiger partial charge in [-0.25, -0.2) is 4.98 Å². The van der Waals surface area contributed by atoms with E-state index in [1.807, 2.05) is 54.7 Å². The maximum atomic E-state index is 12.7. The molecule has 0 fully saturated rings. The second-order valence-electron chi connectivity index (χ2n) is 7.25. The summed E-state index contributed by atoms with van der Waals surface area (Å²) in [5.41, 5.74) is 3.63. The molecule has 0 radical (unpaired) electrons. The molecule has 1 aromatic carbocycles. The number of pyridine rings is 1. The van der Waals surface area contributed by atoms with Gasteiger partial charge in [-0.05, 0) is 48.9 Å². The monoisotopic (exact) mass is 425 g/mol. The summed E-state index contributed by atoms with van der Waals surface area (Å²) in [6.07, 6.45) is 16.6. The van der Waals surface area contributed by atoms with Crippen LogP contribution >= 0.6 is 0 Å². The molecule has 1 aliphatic carbocycles. The van der Waals surface area contributed by atoms with Crippen molar-refractivity contribution in [2.45, 2.75) is 19.4 Å². The van der Waals surface area contributed by atoms with E-state index in [1.54, 1.807) is 37.5 Å². The highest BCUT2D eigenvalue weighted by Gasteiger charge is 2.17. The maximum Gasteiger partial charge on any atom is 0.265 e. The molecule has 3 aromatic rings. The Balaban J connectivity index is 1.44. The van der Waals surface area contributed by atoms with Crippen molar-refractivity contribution in [3.8, 4) is 11.5 Å². The molecule has 0 aliphatic heterocycles. The third kappa shape index (κ3) is 5.29. The van der Waals surface area contributed by atoms with Gasteiger partial charge in [0.05, 0.1) is 0 Å². The number of fused-ring (bicyclic) bond motifs is 1. The highest BCUT2D eigenvalue weighted by atomic mass is 16.5. The third-order valence-corrected chi connectivity index (χ3v) is 4.75. The second kappa shape index (κ2) is 9.75. The number of oxazole rings is 1. The van der Waals surface area contributed by atoms with E-state index in [4.69, 9.17) is 9.15 Å². The zero-order valence-electron chi connectivity index (χ0n) is 17.7. The molecule has 2 aromatic heterocycles. The number of allylic oxidation sites excluding steroid dienone is 8. The minimum Gasteiger partial charge on any atom is -0.485 e. The number of carbonyl (C=O) groups excluding carboxylic acids is 1. The molecule has 0 bridgehead atoms. The molecule has 1 amide bonds. The number of benzene rings is 1. The Morgan fingerprint density at radius 3 is 2.81 bits per heavy atom. The summed E-state index contributed by atoms with van der Waals surface area (Å²) < 4.78 is 11.7. The van der Waals surface area contributed by atoms with Crippen LogP contribution in [0.4, 0.5) is 5.69 Å². The number of hydrogen-bond donors (Lipinski definition) is 1. The number of amides is 1. The minimum absolute atomic E-state index is 0.252. The fourth-order valence-electron chi connectivity index (χ4n) is 3.08. The van der Waals surface area contributed by atoms with Gasteiger partial charge in [-0.2, -0.15) is 0 Å². The molecule has 1 atom stereocenters. The SMILES string of the molecule is C=C1/C=C\C=C/C/C(O[C@H](C)C(=O)Nc2ccc3oc(-c4ccncc4)nc3c2)=C\C=C/1. The predicted molar refractivity (Wildman–Crippen MR) is 126 cm³/mol. The Hall–Kier alpha value is -4.19. The molecule has 160 valence electrons. The van der Waals surface area contributed by atoms with Crippen LogP contribution in [0.25, 0.3) is 22.6 Å². The Morgan fingerprint density at radius 2 is 1.97 bits per heavy atom. The fraction of sp³-hybridized carbons (Fsp3) is 0.115. The van der Waals surface area contributed by atoms with E-state index in [1.165, 1.54) is 0 Å². The number of nitrogens with zero attached hydrogens (tertiary/aromatic N) is 2. The molecular weight excluding hydrogens is 402 g/mol. The van der Waals surface area contributed by atoms with Crippen molar-refractivity contribution in [1.29, 1.82) is 0 Å². The van der Waals surface area contributed by atoms with Crippen molar-refractivity contribution in [3.05, 3.63) is 103 Å². The number of anilines is 1. The van der Waals surface area contributed by atoms with Gasteiger partial charge >= 0.3 is 0 Å².